The van der Waals surface area contributed by atoms with E-state index in [0.29, 0.717) is 13.1 Å². The van der Waals surface area contributed by atoms with Crippen LogP contribution >= 0.6 is 0 Å². The molecule has 0 aromatic heterocycles. The first kappa shape index (κ1) is 13.0. The van der Waals surface area contributed by atoms with Gasteiger partial charge in [-0.15, -0.1) is 0 Å². The van der Waals surface area contributed by atoms with Crippen LogP contribution in [0.1, 0.15) is 24.2 Å². The normalized spacial score (nSPS) is 20.0. The molecular weight excluding hydrogens is 238 g/mol. The summed E-state index contributed by atoms with van der Waals surface area (Å²) >= 11 is 0. The summed E-state index contributed by atoms with van der Waals surface area (Å²) in [6, 6.07) is 2.33. The second kappa shape index (κ2) is 5.02. The average Bonchev–Trinajstić information content (AvgIpc) is 2.31. The third-order valence-electron chi connectivity index (χ3n) is 3.13. The van der Waals surface area contributed by atoms with Gasteiger partial charge >= 0.3 is 0 Å². The number of nitrogens with one attached hydrogen (secondary N) is 1. The highest BCUT2D eigenvalue weighted by Crippen LogP contribution is 2.24. The van der Waals surface area contributed by atoms with E-state index in [-0.39, 0.29) is 17.3 Å². The number of carbonyl (C=O) groups is 1. The predicted molar refractivity (Wildman–Crippen MR) is 66.0 cm³/mol. The van der Waals surface area contributed by atoms with Crippen LogP contribution in [0.4, 0.5) is 14.5 Å². The first-order valence-corrected chi connectivity index (χ1v) is 5.97. The fourth-order valence-electron chi connectivity index (χ4n) is 2.20. The van der Waals surface area contributed by atoms with Gasteiger partial charge < -0.3 is 10.2 Å². The van der Waals surface area contributed by atoms with E-state index in [0.717, 1.165) is 18.7 Å². The zero-order chi connectivity index (χ0) is 13.3. The summed E-state index contributed by atoms with van der Waals surface area (Å²) in [7, 11) is 0. The molecular formula is C13H16F2N2O. The lowest BCUT2D eigenvalue weighted by atomic mass is 10.1. The van der Waals surface area contributed by atoms with Crippen LogP contribution in [0.25, 0.3) is 0 Å². The van der Waals surface area contributed by atoms with Gasteiger partial charge in [0.2, 0.25) is 0 Å². The molecule has 18 heavy (non-hydrogen) atoms. The summed E-state index contributed by atoms with van der Waals surface area (Å²) < 4.78 is 27.6. The highest BCUT2D eigenvalue weighted by atomic mass is 19.1. The molecule has 0 saturated carbocycles. The summed E-state index contributed by atoms with van der Waals surface area (Å²) in [4.78, 5) is 12.9. The molecule has 3 nitrogen and oxygen atoms in total. The minimum atomic E-state index is -0.662. The molecule has 1 fully saturated rings. The lowest BCUT2D eigenvalue weighted by Gasteiger charge is -2.33. The van der Waals surface area contributed by atoms with E-state index in [4.69, 9.17) is 0 Å². The summed E-state index contributed by atoms with van der Waals surface area (Å²) in [6.45, 7) is 5.20. The number of benzene rings is 1. The number of rotatable bonds is 2. The van der Waals surface area contributed by atoms with Crippen molar-refractivity contribution in [3.05, 3.63) is 29.3 Å². The molecule has 1 saturated heterocycles. The maximum Gasteiger partial charge on any atom is 0.162 e. The molecule has 1 N–H and O–H groups in total. The van der Waals surface area contributed by atoms with Gasteiger partial charge in [-0.2, -0.15) is 0 Å². The van der Waals surface area contributed by atoms with Gasteiger partial charge in [0.15, 0.2) is 5.78 Å². The van der Waals surface area contributed by atoms with Gasteiger partial charge in [0.25, 0.3) is 0 Å². The molecule has 98 valence electrons. The Labute approximate surface area is 105 Å². The SMILES string of the molecule is CC(=O)c1cc(F)c(N2CCNC(C)C2)cc1F. The Balaban J connectivity index is 2.34. The molecule has 0 aliphatic carbocycles. The van der Waals surface area contributed by atoms with Gasteiger partial charge in [-0.1, -0.05) is 0 Å². The van der Waals surface area contributed by atoms with Crippen molar-refractivity contribution in [3.8, 4) is 0 Å². The first-order chi connectivity index (χ1) is 8.49. The molecule has 1 atom stereocenters. The molecule has 1 unspecified atom stereocenters. The number of nitrogens with zero attached hydrogens (tertiary/aromatic N) is 1. The van der Waals surface area contributed by atoms with E-state index in [2.05, 4.69) is 5.32 Å². The Morgan fingerprint density at radius 3 is 2.72 bits per heavy atom. The average molecular weight is 254 g/mol. The lowest BCUT2D eigenvalue weighted by molar-refractivity contribution is 0.101. The van der Waals surface area contributed by atoms with Gasteiger partial charge in [-0.3, -0.25) is 4.79 Å². The molecule has 0 spiro atoms. The van der Waals surface area contributed by atoms with Gasteiger partial charge in [0.1, 0.15) is 11.6 Å². The third kappa shape index (κ3) is 2.51. The number of ketones is 1. The maximum atomic E-state index is 13.9. The molecule has 5 heteroatoms. The van der Waals surface area contributed by atoms with Crippen LogP contribution in [0.5, 0.6) is 0 Å². The van der Waals surface area contributed by atoms with Gasteiger partial charge in [-0.25, -0.2) is 8.78 Å². The Hall–Kier alpha value is -1.49. The molecule has 0 amide bonds. The molecule has 2 rings (SSSR count). The van der Waals surface area contributed by atoms with Crippen molar-refractivity contribution in [3.63, 3.8) is 0 Å². The van der Waals surface area contributed by atoms with Crippen LogP contribution in [-0.2, 0) is 0 Å². The maximum absolute atomic E-state index is 13.9. The van der Waals surface area contributed by atoms with Crippen molar-refractivity contribution in [2.24, 2.45) is 0 Å². The molecule has 1 aliphatic rings. The minimum absolute atomic E-state index is 0.195. The molecule has 1 aromatic rings. The van der Waals surface area contributed by atoms with Crippen molar-refractivity contribution >= 4 is 11.5 Å². The van der Waals surface area contributed by atoms with E-state index < -0.39 is 17.4 Å². The number of anilines is 1. The van der Waals surface area contributed by atoms with Gasteiger partial charge in [0, 0.05) is 31.7 Å². The van der Waals surface area contributed by atoms with E-state index >= 15 is 0 Å². The number of halogens is 2. The van der Waals surface area contributed by atoms with Crippen molar-refractivity contribution in [2.75, 3.05) is 24.5 Å². The van der Waals surface area contributed by atoms with Crippen LogP contribution in [0, 0.1) is 11.6 Å². The lowest BCUT2D eigenvalue weighted by Crippen LogP contribution is -2.49. The summed E-state index contributed by atoms with van der Waals surface area (Å²) in [6.07, 6.45) is 0. The van der Waals surface area contributed by atoms with E-state index in [9.17, 15) is 13.6 Å². The molecule has 0 radical (unpaired) electrons. The monoisotopic (exact) mass is 254 g/mol. The van der Waals surface area contributed by atoms with E-state index in [1.165, 1.54) is 6.92 Å². The van der Waals surface area contributed by atoms with Crippen molar-refractivity contribution in [2.45, 2.75) is 19.9 Å². The van der Waals surface area contributed by atoms with Crippen LogP contribution in [0.2, 0.25) is 0 Å². The smallest absolute Gasteiger partial charge is 0.162 e. The topological polar surface area (TPSA) is 32.3 Å². The fourth-order valence-corrected chi connectivity index (χ4v) is 2.20. The van der Waals surface area contributed by atoms with E-state index in [1.54, 1.807) is 4.90 Å². The van der Waals surface area contributed by atoms with Crippen molar-refractivity contribution in [1.29, 1.82) is 0 Å². The number of hydrogen-bond donors (Lipinski definition) is 1. The Kier molecular flexibility index (Phi) is 3.61. The van der Waals surface area contributed by atoms with Crippen LogP contribution in [0.15, 0.2) is 12.1 Å². The van der Waals surface area contributed by atoms with Crippen molar-refractivity contribution in [1.82, 2.24) is 5.32 Å². The molecule has 0 bridgehead atoms. The second-order valence-electron chi connectivity index (χ2n) is 4.64. The first-order valence-electron chi connectivity index (χ1n) is 5.97. The van der Waals surface area contributed by atoms with Gasteiger partial charge in [-0.05, 0) is 19.9 Å². The Morgan fingerprint density at radius 1 is 1.39 bits per heavy atom. The van der Waals surface area contributed by atoms with E-state index in [1.807, 2.05) is 6.92 Å². The Morgan fingerprint density at radius 2 is 2.11 bits per heavy atom. The quantitative estimate of drug-likeness (QED) is 0.819. The van der Waals surface area contributed by atoms with Crippen LogP contribution < -0.4 is 10.2 Å². The van der Waals surface area contributed by atoms with Gasteiger partial charge in [0.05, 0.1) is 11.3 Å². The van der Waals surface area contributed by atoms with Crippen LogP contribution in [-0.4, -0.2) is 31.5 Å². The summed E-state index contributed by atoms with van der Waals surface area (Å²) in [5.74, 6) is -1.67. The molecule has 1 aliphatic heterocycles. The minimum Gasteiger partial charge on any atom is -0.366 e. The second-order valence-corrected chi connectivity index (χ2v) is 4.64. The standard InChI is InChI=1S/C13H16F2N2O/c1-8-7-17(4-3-16-8)13-6-11(14)10(9(2)18)5-12(13)15/h5-6,8,16H,3-4,7H2,1-2H3. The number of hydrogen-bond acceptors (Lipinski definition) is 3. The van der Waals surface area contributed by atoms with Crippen molar-refractivity contribution < 1.29 is 13.6 Å². The highest BCUT2D eigenvalue weighted by Gasteiger charge is 2.21. The summed E-state index contributed by atoms with van der Waals surface area (Å²) in [5.41, 5.74) is 0.0327. The number of carbonyl (C=O) groups excluding carboxylic acids is 1. The largest absolute Gasteiger partial charge is 0.366 e. The number of Topliss-reactive ketones (excluding diaryl/α,β-unsaturated/α-hetero) is 1. The molecule has 1 heterocycles. The number of piperazine rings is 1. The highest BCUT2D eigenvalue weighted by molar-refractivity contribution is 5.94. The third-order valence-corrected chi connectivity index (χ3v) is 3.13. The Bertz CT molecular complexity index is 476. The summed E-state index contributed by atoms with van der Waals surface area (Å²) in [5, 5.41) is 3.23. The zero-order valence-corrected chi connectivity index (χ0v) is 10.5. The fraction of sp³-hybridized carbons (Fsp3) is 0.462. The predicted octanol–water partition coefficient (Wildman–Crippen LogP) is 1.97. The van der Waals surface area contributed by atoms with Crippen LogP contribution in [0.3, 0.4) is 0 Å². The molecule has 1 aromatic carbocycles. The zero-order valence-electron chi connectivity index (χ0n) is 10.5.